The van der Waals surface area contributed by atoms with Gasteiger partial charge in [0.05, 0.1) is 18.8 Å². The number of fused-ring (bicyclic) bond motifs is 1. The van der Waals surface area contributed by atoms with E-state index in [1.165, 1.54) is 4.90 Å². The van der Waals surface area contributed by atoms with Crippen molar-refractivity contribution in [2.45, 2.75) is 13.0 Å². The van der Waals surface area contributed by atoms with Crippen LogP contribution in [-0.2, 0) is 9.59 Å². The van der Waals surface area contributed by atoms with E-state index >= 15 is 0 Å². The number of hydrogen-bond acceptors (Lipinski definition) is 4. The Morgan fingerprint density at radius 3 is 2.44 bits per heavy atom. The van der Waals surface area contributed by atoms with Gasteiger partial charge in [-0.1, -0.05) is 54.6 Å². The van der Waals surface area contributed by atoms with Gasteiger partial charge in [-0.25, -0.2) is 0 Å². The number of para-hydroxylation sites is 2. The van der Waals surface area contributed by atoms with Crippen molar-refractivity contribution in [1.29, 1.82) is 0 Å². The molecule has 6 heteroatoms. The molecule has 6 nitrogen and oxygen atoms in total. The number of carbonyl (C=O) groups excluding carboxylic acids is 2. The van der Waals surface area contributed by atoms with Crippen molar-refractivity contribution in [1.82, 2.24) is 5.32 Å². The monoisotopic (exact) mass is 428 g/mol. The third-order valence-electron chi connectivity index (χ3n) is 5.22. The van der Waals surface area contributed by atoms with Crippen LogP contribution in [0.15, 0.2) is 84.6 Å². The van der Waals surface area contributed by atoms with E-state index in [2.05, 4.69) is 5.32 Å². The summed E-state index contributed by atoms with van der Waals surface area (Å²) in [6.45, 7) is 1.80. The molecule has 1 aliphatic heterocycles. The van der Waals surface area contributed by atoms with Crippen molar-refractivity contribution >= 4 is 23.6 Å². The first kappa shape index (κ1) is 21.2. The van der Waals surface area contributed by atoms with Gasteiger partial charge in [0.2, 0.25) is 5.91 Å². The second kappa shape index (κ2) is 9.39. The van der Waals surface area contributed by atoms with Crippen LogP contribution in [0.3, 0.4) is 0 Å². The van der Waals surface area contributed by atoms with E-state index in [-0.39, 0.29) is 30.2 Å². The molecule has 0 saturated heterocycles. The minimum Gasteiger partial charge on any atom is -0.497 e. The normalized spacial score (nSPS) is 15.0. The molecule has 1 aliphatic rings. The Hall–Kier alpha value is -4.06. The second-order valence-corrected chi connectivity index (χ2v) is 7.44. The van der Waals surface area contributed by atoms with Gasteiger partial charge in [-0.15, -0.1) is 0 Å². The van der Waals surface area contributed by atoms with E-state index in [0.29, 0.717) is 11.4 Å². The first-order valence-corrected chi connectivity index (χ1v) is 10.3. The molecule has 0 saturated carbocycles. The first-order valence-electron chi connectivity index (χ1n) is 10.3. The van der Waals surface area contributed by atoms with Crippen molar-refractivity contribution in [3.8, 4) is 11.5 Å². The lowest BCUT2D eigenvalue weighted by atomic mass is 10.1. The summed E-state index contributed by atoms with van der Waals surface area (Å²) in [6, 6.07) is 24.0. The molecule has 4 rings (SSSR count). The summed E-state index contributed by atoms with van der Waals surface area (Å²) >= 11 is 0. The molecule has 2 amide bonds. The van der Waals surface area contributed by atoms with Gasteiger partial charge in [-0.3, -0.25) is 14.5 Å². The number of nitrogens with zero attached hydrogens (tertiary/aromatic N) is 1. The van der Waals surface area contributed by atoms with E-state index < -0.39 is 0 Å². The summed E-state index contributed by atoms with van der Waals surface area (Å²) in [7, 11) is 1.60. The number of hydrogen-bond donors (Lipinski definition) is 1. The molecule has 0 fully saturated rings. The highest BCUT2D eigenvalue weighted by atomic mass is 16.5. The fourth-order valence-electron chi connectivity index (χ4n) is 3.53. The SMILES string of the molecule is COc1ccc(/C=C2\Oc3ccccc3N(CC(=O)N[C@@H](C)c3ccccc3)C2=O)cc1. The van der Waals surface area contributed by atoms with E-state index in [0.717, 1.165) is 16.9 Å². The number of carbonyl (C=O) groups is 2. The molecule has 1 heterocycles. The van der Waals surface area contributed by atoms with Crippen LogP contribution in [0.25, 0.3) is 6.08 Å². The van der Waals surface area contributed by atoms with Crippen molar-refractivity contribution in [3.05, 3.63) is 95.7 Å². The molecule has 32 heavy (non-hydrogen) atoms. The molecule has 0 radical (unpaired) electrons. The molecule has 162 valence electrons. The number of benzene rings is 3. The van der Waals surface area contributed by atoms with Gasteiger partial charge in [0.1, 0.15) is 12.3 Å². The Balaban J connectivity index is 1.56. The minimum atomic E-state index is -0.373. The topological polar surface area (TPSA) is 67.9 Å². The number of methoxy groups -OCH3 is 1. The van der Waals surface area contributed by atoms with Crippen LogP contribution in [0.5, 0.6) is 11.5 Å². The van der Waals surface area contributed by atoms with Gasteiger partial charge in [-0.05, 0) is 48.4 Å². The lowest BCUT2D eigenvalue weighted by Gasteiger charge is -2.30. The third-order valence-corrected chi connectivity index (χ3v) is 5.22. The van der Waals surface area contributed by atoms with Crippen LogP contribution in [0.1, 0.15) is 24.1 Å². The predicted molar refractivity (Wildman–Crippen MR) is 123 cm³/mol. The highest BCUT2D eigenvalue weighted by Crippen LogP contribution is 2.35. The largest absolute Gasteiger partial charge is 0.497 e. The zero-order chi connectivity index (χ0) is 22.5. The van der Waals surface area contributed by atoms with Gasteiger partial charge in [0.25, 0.3) is 5.91 Å². The van der Waals surface area contributed by atoms with E-state index in [1.54, 1.807) is 25.3 Å². The number of amides is 2. The van der Waals surface area contributed by atoms with E-state index in [1.807, 2.05) is 73.7 Å². The molecule has 3 aromatic carbocycles. The highest BCUT2D eigenvalue weighted by molar-refractivity contribution is 6.12. The number of anilines is 1. The second-order valence-electron chi connectivity index (χ2n) is 7.44. The van der Waals surface area contributed by atoms with Gasteiger partial charge in [-0.2, -0.15) is 0 Å². The smallest absolute Gasteiger partial charge is 0.294 e. The average molecular weight is 428 g/mol. The number of rotatable bonds is 6. The van der Waals surface area contributed by atoms with E-state index in [9.17, 15) is 9.59 Å². The van der Waals surface area contributed by atoms with Crippen molar-refractivity contribution in [3.63, 3.8) is 0 Å². The Bertz CT molecular complexity index is 1140. The number of nitrogens with one attached hydrogen (secondary N) is 1. The van der Waals surface area contributed by atoms with Crippen LogP contribution >= 0.6 is 0 Å². The summed E-state index contributed by atoms with van der Waals surface area (Å²) in [4.78, 5) is 27.5. The van der Waals surface area contributed by atoms with Crippen molar-refractivity contribution in [2.24, 2.45) is 0 Å². The fraction of sp³-hybridized carbons (Fsp3) is 0.154. The lowest BCUT2D eigenvalue weighted by Crippen LogP contribution is -2.44. The average Bonchev–Trinajstić information content (AvgIpc) is 2.82. The quantitative estimate of drug-likeness (QED) is 0.593. The fourth-order valence-corrected chi connectivity index (χ4v) is 3.53. The zero-order valence-corrected chi connectivity index (χ0v) is 17.9. The minimum absolute atomic E-state index is 0.115. The van der Waals surface area contributed by atoms with Gasteiger partial charge in [0, 0.05) is 0 Å². The predicted octanol–water partition coefficient (Wildman–Crippen LogP) is 4.34. The molecule has 1 N–H and O–H groups in total. The zero-order valence-electron chi connectivity index (χ0n) is 17.9. The van der Waals surface area contributed by atoms with Crippen LogP contribution in [-0.4, -0.2) is 25.5 Å². The van der Waals surface area contributed by atoms with Gasteiger partial charge < -0.3 is 14.8 Å². The molecule has 0 aromatic heterocycles. The molecule has 0 unspecified atom stereocenters. The van der Waals surface area contributed by atoms with Crippen molar-refractivity contribution < 1.29 is 19.1 Å². The van der Waals surface area contributed by atoms with Crippen LogP contribution in [0, 0.1) is 0 Å². The summed E-state index contributed by atoms with van der Waals surface area (Å²) < 4.78 is 11.1. The third kappa shape index (κ3) is 4.64. The van der Waals surface area contributed by atoms with Crippen LogP contribution in [0.4, 0.5) is 5.69 Å². The Morgan fingerprint density at radius 2 is 1.72 bits per heavy atom. The number of ether oxygens (including phenoxy) is 2. The molecule has 0 bridgehead atoms. The van der Waals surface area contributed by atoms with Gasteiger partial charge in [0.15, 0.2) is 11.5 Å². The molecule has 3 aromatic rings. The van der Waals surface area contributed by atoms with Crippen LogP contribution < -0.4 is 19.7 Å². The maximum atomic E-state index is 13.2. The maximum Gasteiger partial charge on any atom is 0.294 e. The Labute approximate surface area is 187 Å². The molecular formula is C26H24N2O4. The Morgan fingerprint density at radius 1 is 1.03 bits per heavy atom. The Kier molecular flexibility index (Phi) is 6.22. The lowest BCUT2D eigenvalue weighted by molar-refractivity contribution is -0.123. The summed E-state index contributed by atoms with van der Waals surface area (Å²) in [6.07, 6.45) is 1.66. The van der Waals surface area contributed by atoms with Gasteiger partial charge >= 0.3 is 0 Å². The summed E-state index contributed by atoms with van der Waals surface area (Å²) in [5, 5.41) is 2.97. The van der Waals surface area contributed by atoms with Crippen molar-refractivity contribution in [2.75, 3.05) is 18.6 Å². The molecular weight excluding hydrogens is 404 g/mol. The standard InChI is InChI=1S/C26H24N2O4/c1-18(20-8-4-3-5-9-20)27-25(29)17-28-22-10-6-7-11-23(22)32-24(26(28)30)16-19-12-14-21(31-2)15-13-19/h3-16,18H,17H2,1-2H3,(H,27,29)/b24-16-/t18-/m0/s1. The molecule has 0 aliphatic carbocycles. The van der Waals surface area contributed by atoms with Crippen LogP contribution in [0.2, 0.25) is 0 Å². The molecule has 1 atom stereocenters. The molecule has 0 spiro atoms. The maximum absolute atomic E-state index is 13.2. The van der Waals surface area contributed by atoms with E-state index in [4.69, 9.17) is 9.47 Å². The first-order chi connectivity index (χ1) is 15.5. The highest BCUT2D eigenvalue weighted by Gasteiger charge is 2.31. The summed E-state index contributed by atoms with van der Waals surface area (Å²) in [5.74, 6) is 0.769. The summed E-state index contributed by atoms with van der Waals surface area (Å²) in [5.41, 5.74) is 2.34.